The number of benzene rings is 2. The zero-order chi connectivity index (χ0) is 17.1. The molecule has 122 valence electrons. The Labute approximate surface area is 143 Å². The fourth-order valence-corrected chi connectivity index (χ4v) is 2.63. The molecule has 0 spiro atoms. The number of imidazole rings is 1. The van der Waals surface area contributed by atoms with E-state index in [1.54, 1.807) is 12.5 Å². The second-order valence-electron chi connectivity index (χ2n) is 5.38. The van der Waals surface area contributed by atoms with Gasteiger partial charge in [0.15, 0.2) is 0 Å². The number of nitrogens with zero attached hydrogens (tertiary/aromatic N) is 2. The van der Waals surface area contributed by atoms with Crippen LogP contribution in [0.3, 0.4) is 0 Å². The molecule has 3 aromatic rings. The second-order valence-corrected chi connectivity index (χ2v) is 5.79. The summed E-state index contributed by atoms with van der Waals surface area (Å²) in [6.45, 7) is 1.88. The first kappa shape index (κ1) is 16.2. The van der Waals surface area contributed by atoms with E-state index in [9.17, 15) is 9.18 Å². The van der Waals surface area contributed by atoms with Crippen molar-refractivity contribution in [1.82, 2.24) is 14.9 Å². The van der Waals surface area contributed by atoms with Gasteiger partial charge in [0, 0.05) is 18.1 Å². The Morgan fingerprint density at radius 3 is 2.62 bits per heavy atom. The number of aromatic nitrogens is 2. The summed E-state index contributed by atoms with van der Waals surface area (Å²) in [6.07, 6.45) is 5.29. The Morgan fingerprint density at radius 1 is 1.25 bits per heavy atom. The largest absolute Gasteiger partial charge is 0.345 e. The highest BCUT2D eigenvalue weighted by Gasteiger charge is 2.14. The molecule has 0 unspecified atom stereocenters. The van der Waals surface area contributed by atoms with Crippen molar-refractivity contribution in [2.24, 2.45) is 0 Å². The van der Waals surface area contributed by atoms with Crippen LogP contribution in [-0.4, -0.2) is 15.5 Å². The van der Waals surface area contributed by atoms with Crippen molar-refractivity contribution < 1.29 is 9.18 Å². The van der Waals surface area contributed by atoms with Crippen molar-refractivity contribution in [1.29, 1.82) is 0 Å². The van der Waals surface area contributed by atoms with E-state index in [-0.39, 0.29) is 22.5 Å². The summed E-state index contributed by atoms with van der Waals surface area (Å²) in [5, 5.41) is 2.95. The summed E-state index contributed by atoms with van der Waals surface area (Å²) in [4.78, 5) is 16.3. The van der Waals surface area contributed by atoms with E-state index < -0.39 is 5.82 Å². The highest BCUT2D eigenvalue weighted by atomic mass is 35.5. The number of carbonyl (C=O) groups is 1. The molecule has 0 aliphatic rings. The maximum atomic E-state index is 13.1. The molecule has 2 aromatic carbocycles. The van der Waals surface area contributed by atoms with Crippen LogP contribution in [0, 0.1) is 5.82 Å². The van der Waals surface area contributed by atoms with Gasteiger partial charge in [0.1, 0.15) is 5.82 Å². The highest BCUT2D eigenvalue weighted by Crippen LogP contribution is 2.20. The van der Waals surface area contributed by atoms with E-state index in [4.69, 9.17) is 11.6 Å². The molecule has 24 heavy (non-hydrogen) atoms. The zero-order valence-electron chi connectivity index (χ0n) is 12.9. The van der Waals surface area contributed by atoms with Gasteiger partial charge in [-0.25, -0.2) is 9.37 Å². The van der Waals surface area contributed by atoms with Crippen molar-refractivity contribution in [3.63, 3.8) is 0 Å². The summed E-state index contributed by atoms with van der Waals surface area (Å²) in [5.41, 5.74) is 2.18. The number of rotatable bonds is 4. The van der Waals surface area contributed by atoms with Gasteiger partial charge in [-0.2, -0.15) is 0 Å². The van der Waals surface area contributed by atoms with E-state index in [2.05, 4.69) is 10.3 Å². The minimum Gasteiger partial charge on any atom is -0.345 e. The van der Waals surface area contributed by atoms with Crippen LogP contribution in [0.25, 0.3) is 5.69 Å². The lowest BCUT2D eigenvalue weighted by Gasteiger charge is -2.15. The molecule has 0 aliphatic carbocycles. The molecule has 6 heteroatoms. The smallest absolute Gasteiger partial charge is 0.253 e. The lowest BCUT2D eigenvalue weighted by Crippen LogP contribution is -2.26. The lowest BCUT2D eigenvalue weighted by atomic mass is 10.1. The Bertz CT molecular complexity index is 847. The van der Waals surface area contributed by atoms with Crippen LogP contribution in [0.4, 0.5) is 4.39 Å². The van der Waals surface area contributed by atoms with Crippen LogP contribution in [-0.2, 0) is 0 Å². The number of carbonyl (C=O) groups excluding carboxylic acids is 1. The SMILES string of the molecule is C[C@H](NC(=O)c1ccc(F)cc1Cl)c1ccc(-n2ccnc2)cc1. The molecule has 0 fully saturated rings. The fourth-order valence-electron chi connectivity index (χ4n) is 2.38. The van der Waals surface area contributed by atoms with Crippen LogP contribution >= 0.6 is 11.6 Å². The molecule has 1 aromatic heterocycles. The van der Waals surface area contributed by atoms with Gasteiger partial charge in [-0.05, 0) is 42.8 Å². The molecule has 0 saturated carbocycles. The van der Waals surface area contributed by atoms with Gasteiger partial charge in [-0.1, -0.05) is 23.7 Å². The molecule has 1 heterocycles. The van der Waals surface area contributed by atoms with E-state index >= 15 is 0 Å². The van der Waals surface area contributed by atoms with Crippen LogP contribution in [0.15, 0.2) is 61.2 Å². The predicted octanol–water partition coefficient (Wildman–Crippen LogP) is 4.16. The average Bonchev–Trinajstić information content (AvgIpc) is 3.09. The predicted molar refractivity (Wildman–Crippen MR) is 90.9 cm³/mol. The standard InChI is InChI=1S/C18H15ClFN3O/c1-12(22-18(24)16-7-4-14(20)10-17(16)19)13-2-5-15(6-3-13)23-9-8-21-11-23/h2-12H,1H3,(H,22,24)/t12-/m0/s1. The van der Waals surface area contributed by atoms with Crippen LogP contribution in [0.1, 0.15) is 28.9 Å². The first-order valence-corrected chi connectivity index (χ1v) is 7.76. The quantitative estimate of drug-likeness (QED) is 0.773. The third-order valence-corrected chi connectivity index (χ3v) is 4.03. The summed E-state index contributed by atoms with van der Waals surface area (Å²) in [5.74, 6) is -0.814. The van der Waals surface area contributed by atoms with Crippen LogP contribution in [0.2, 0.25) is 5.02 Å². The normalized spacial score (nSPS) is 12.0. The minimum atomic E-state index is -0.473. The van der Waals surface area contributed by atoms with Crippen LogP contribution < -0.4 is 5.32 Å². The Kier molecular flexibility index (Phi) is 4.62. The molecular weight excluding hydrogens is 329 g/mol. The number of hydrogen-bond acceptors (Lipinski definition) is 2. The monoisotopic (exact) mass is 343 g/mol. The summed E-state index contributed by atoms with van der Waals surface area (Å²) in [7, 11) is 0. The van der Waals surface area contributed by atoms with Gasteiger partial charge in [0.2, 0.25) is 0 Å². The molecule has 0 bridgehead atoms. The van der Waals surface area contributed by atoms with Crippen molar-refractivity contribution in [2.75, 3.05) is 0 Å². The molecule has 4 nitrogen and oxygen atoms in total. The van der Waals surface area contributed by atoms with E-state index in [1.807, 2.05) is 42.0 Å². The fraction of sp³-hybridized carbons (Fsp3) is 0.111. The molecule has 0 radical (unpaired) electrons. The van der Waals surface area contributed by atoms with E-state index in [0.717, 1.165) is 17.3 Å². The minimum absolute atomic E-state index is 0.0927. The second kappa shape index (κ2) is 6.84. The Balaban J connectivity index is 1.72. The molecule has 1 atom stereocenters. The van der Waals surface area contributed by atoms with Crippen molar-refractivity contribution in [3.8, 4) is 5.69 Å². The maximum absolute atomic E-state index is 13.1. The first-order valence-electron chi connectivity index (χ1n) is 7.39. The molecule has 1 N–H and O–H groups in total. The summed E-state index contributed by atoms with van der Waals surface area (Å²) < 4.78 is 15.0. The molecule has 3 rings (SSSR count). The van der Waals surface area contributed by atoms with Crippen molar-refractivity contribution >= 4 is 17.5 Å². The van der Waals surface area contributed by atoms with Gasteiger partial charge in [0.05, 0.1) is 23.0 Å². The molecule has 0 saturated heterocycles. The molecule has 1 amide bonds. The van der Waals surface area contributed by atoms with Gasteiger partial charge < -0.3 is 9.88 Å². The average molecular weight is 344 g/mol. The maximum Gasteiger partial charge on any atom is 0.253 e. The van der Waals surface area contributed by atoms with Crippen LogP contribution in [0.5, 0.6) is 0 Å². The van der Waals surface area contributed by atoms with Gasteiger partial charge in [-0.15, -0.1) is 0 Å². The third-order valence-electron chi connectivity index (χ3n) is 3.72. The van der Waals surface area contributed by atoms with Crippen molar-refractivity contribution in [3.05, 3.63) is 83.2 Å². The van der Waals surface area contributed by atoms with Gasteiger partial charge >= 0.3 is 0 Å². The Morgan fingerprint density at radius 2 is 2.00 bits per heavy atom. The highest BCUT2D eigenvalue weighted by molar-refractivity contribution is 6.33. The number of nitrogens with one attached hydrogen (secondary N) is 1. The number of hydrogen-bond donors (Lipinski definition) is 1. The zero-order valence-corrected chi connectivity index (χ0v) is 13.7. The third kappa shape index (κ3) is 3.46. The Hall–Kier alpha value is -2.66. The molecular formula is C18H15ClFN3O. The number of halogens is 2. The van der Waals surface area contributed by atoms with E-state index in [1.165, 1.54) is 12.1 Å². The summed E-state index contributed by atoms with van der Waals surface area (Å²) >= 11 is 5.92. The van der Waals surface area contributed by atoms with Crippen molar-refractivity contribution in [2.45, 2.75) is 13.0 Å². The topological polar surface area (TPSA) is 46.9 Å². The summed E-state index contributed by atoms with van der Waals surface area (Å²) in [6, 6.07) is 11.3. The van der Waals surface area contributed by atoms with Gasteiger partial charge in [-0.3, -0.25) is 4.79 Å². The molecule has 0 aliphatic heterocycles. The lowest BCUT2D eigenvalue weighted by molar-refractivity contribution is 0.0940. The van der Waals surface area contributed by atoms with Gasteiger partial charge in [0.25, 0.3) is 5.91 Å². The number of amides is 1. The first-order chi connectivity index (χ1) is 11.5. The van der Waals surface area contributed by atoms with E-state index in [0.29, 0.717) is 0 Å².